The Morgan fingerprint density at radius 2 is 2.08 bits per heavy atom. The predicted molar refractivity (Wildman–Crippen MR) is 143 cm³/mol. The number of nitrogens with one attached hydrogen (secondary N) is 1. The van der Waals surface area contributed by atoms with Gasteiger partial charge in [0, 0.05) is 33.0 Å². The molecule has 37 heavy (non-hydrogen) atoms. The Labute approximate surface area is 225 Å². The summed E-state index contributed by atoms with van der Waals surface area (Å²) in [5, 5.41) is 26.3. The number of aromatic nitrogens is 1. The highest BCUT2D eigenvalue weighted by molar-refractivity contribution is 8.02. The van der Waals surface area contributed by atoms with Crippen LogP contribution in [-0.4, -0.2) is 66.6 Å². The molecule has 0 aliphatic carbocycles. The molecule has 15 heteroatoms. The van der Waals surface area contributed by atoms with E-state index in [-0.39, 0.29) is 27.7 Å². The first-order chi connectivity index (χ1) is 17.8. The van der Waals surface area contributed by atoms with Crippen LogP contribution in [0.4, 0.5) is 5.13 Å². The number of fused-ring (bicyclic) bond motifs is 2. The number of rotatable bonds is 7. The van der Waals surface area contributed by atoms with Gasteiger partial charge >= 0.3 is 5.97 Å². The summed E-state index contributed by atoms with van der Waals surface area (Å²) in [6, 6.07) is 7.81. The minimum absolute atomic E-state index is 0.0591. The number of carbonyl (C=O) groups excluding carboxylic acids is 2. The highest BCUT2D eigenvalue weighted by atomic mass is 32.2. The second-order valence-electron chi connectivity index (χ2n) is 7.85. The quantitative estimate of drug-likeness (QED) is 0.107. The maximum absolute atomic E-state index is 12.9. The molecular weight excluding hydrogens is 559 g/mol. The van der Waals surface area contributed by atoms with Gasteiger partial charge in [0.25, 0.3) is 11.8 Å². The summed E-state index contributed by atoms with van der Waals surface area (Å²) >= 11 is 5.16. The van der Waals surface area contributed by atoms with Gasteiger partial charge in [-0.3, -0.25) is 19.3 Å². The summed E-state index contributed by atoms with van der Waals surface area (Å²) in [5.74, 6) is -2.07. The lowest BCUT2D eigenvalue weighted by Crippen LogP contribution is -2.71. The van der Waals surface area contributed by atoms with Crippen molar-refractivity contribution >= 4 is 84.9 Å². The largest absolute Gasteiger partial charge is 0.477 e. The van der Waals surface area contributed by atoms with E-state index in [4.69, 9.17) is 5.73 Å². The number of nitrogens with zero attached hydrogens (tertiary/aromatic N) is 3. The van der Waals surface area contributed by atoms with Gasteiger partial charge in [0.05, 0.1) is 4.21 Å². The SMILES string of the molecule is Nc1nc(/C(=N/O)C(=O)N[C@@H]2C(=O)N3C(C(=O)O)=C(CSc4cc(=O)c5ccccc5s4)CS[C@@H]23)cs1. The second-order valence-corrected chi connectivity index (χ2v) is 12.2. The van der Waals surface area contributed by atoms with E-state index in [1.54, 1.807) is 12.1 Å². The molecule has 4 heterocycles. The van der Waals surface area contributed by atoms with Gasteiger partial charge in [-0.15, -0.1) is 46.2 Å². The molecule has 0 saturated carbocycles. The molecule has 2 aliphatic heterocycles. The molecule has 5 rings (SSSR count). The molecule has 2 amide bonds. The molecule has 1 aromatic carbocycles. The molecule has 0 spiro atoms. The summed E-state index contributed by atoms with van der Waals surface area (Å²) in [6.45, 7) is 0. The molecule has 0 unspecified atom stereocenters. The molecule has 1 fully saturated rings. The van der Waals surface area contributed by atoms with Gasteiger partial charge in [0.15, 0.2) is 16.3 Å². The van der Waals surface area contributed by atoms with Crippen LogP contribution in [0.15, 0.2) is 61.1 Å². The van der Waals surface area contributed by atoms with Crippen molar-refractivity contribution in [2.75, 3.05) is 17.2 Å². The number of benzene rings is 1. The van der Waals surface area contributed by atoms with Gasteiger partial charge < -0.3 is 21.4 Å². The number of amides is 2. The molecule has 1 saturated heterocycles. The van der Waals surface area contributed by atoms with E-state index < -0.39 is 34.9 Å². The van der Waals surface area contributed by atoms with Crippen LogP contribution in [0, 0.1) is 0 Å². The van der Waals surface area contributed by atoms with E-state index >= 15 is 0 Å². The van der Waals surface area contributed by atoms with Crippen molar-refractivity contribution < 1.29 is 24.7 Å². The minimum atomic E-state index is -1.25. The third-order valence-electron chi connectivity index (χ3n) is 5.62. The van der Waals surface area contributed by atoms with Crippen LogP contribution in [0.3, 0.4) is 0 Å². The zero-order chi connectivity index (χ0) is 26.3. The Morgan fingerprint density at radius 3 is 2.78 bits per heavy atom. The van der Waals surface area contributed by atoms with Crippen LogP contribution in [0.25, 0.3) is 10.1 Å². The summed E-state index contributed by atoms with van der Waals surface area (Å²) in [6.07, 6.45) is 0. The lowest BCUT2D eigenvalue weighted by molar-refractivity contribution is -0.150. The van der Waals surface area contributed by atoms with Gasteiger partial charge in [0.2, 0.25) is 0 Å². The predicted octanol–water partition coefficient (Wildman–Crippen LogP) is 2.01. The average Bonchev–Trinajstić information content (AvgIpc) is 3.31. The topological polar surface area (TPSA) is 175 Å². The van der Waals surface area contributed by atoms with E-state index in [1.165, 1.54) is 46.3 Å². The number of β-lactam (4-membered cyclic amide) rings is 1. The summed E-state index contributed by atoms with van der Waals surface area (Å²) in [4.78, 5) is 55.2. The first-order valence-electron chi connectivity index (χ1n) is 10.6. The number of carboxylic acids is 1. The average molecular weight is 576 g/mol. The number of hydrogen-bond acceptors (Lipinski definition) is 12. The van der Waals surface area contributed by atoms with Crippen molar-refractivity contribution in [2.45, 2.75) is 15.6 Å². The molecular formula is C22H17N5O6S4. The van der Waals surface area contributed by atoms with Crippen molar-refractivity contribution in [2.24, 2.45) is 5.16 Å². The second kappa shape index (κ2) is 10.2. The van der Waals surface area contributed by atoms with Crippen molar-refractivity contribution in [3.63, 3.8) is 0 Å². The zero-order valence-corrected chi connectivity index (χ0v) is 21.9. The van der Waals surface area contributed by atoms with Crippen LogP contribution in [-0.2, 0) is 14.4 Å². The molecule has 0 bridgehead atoms. The molecule has 5 N–H and O–H groups in total. The van der Waals surface area contributed by atoms with E-state index in [1.807, 2.05) is 12.1 Å². The maximum atomic E-state index is 12.9. The summed E-state index contributed by atoms with van der Waals surface area (Å²) in [7, 11) is 0. The minimum Gasteiger partial charge on any atom is -0.477 e. The van der Waals surface area contributed by atoms with Crippen LogP contribution in [0.2, 0.25) is 0 Å². The first-order valence-corrected chi connectivity index (χ1v) is 14.3. The number of thioether (sulfide) groups is 2. The van der Waals surface area contributed by atoms with Gasteiger partial charge in [0.1, 0.15) is 22.8 Å². The van der Waals surface area contributed by atoms with Crippen LogP contribution < -0.4 is 16.5 Å². The highest BCUT2D eigenvalue weighted by Gasteiger charge is 2.54. The zero-order valence-electron chi connectivity index (χ0n) is 18.6. The highest BCUT2D eigenvalue weighted by Crippen LogP contribution is 2.42. The fraction of sp³-hybridized carbons (Fsp3) is 0.182. The van der Waals surface area contributed by atoms with E-state index in [9.17, 15) is 29.5 Å². The van der Waals surface area contributed by atoms with E-state index in [2.05, 4.69) is 15.5 Å². The molecule has 2 aliphatic rings. The maximum Gasteiger partial charge on any atom is 0.352 e. The van der Waals surface area contributed by atoms with Crippen LogP contribution in [0.5, 0.6) is 0 Å². The Kier molecular flexibility index (Phi) is 6.94. The number of hydrogen-bond donors (Lipinski definition) is 4. The number of thiazole rings is 1. The molecule has 0 radical (unpaired) electrons. The van der Waals surface area contributed by atoms with Gasteiger partial charge in [-0.2, -0.15) is 0 Å². The lowest BCUT2D eigenvalue weighted by atomic mass is 10.0. The van der Waals surface area contributed by atoms with Crippen LogP contribution in [0.1, 0.15) is 5.69 Å². The Balaban J connectivity index is 1.32. The van der Waals surface area contributed by atoms with E-state index in [0.717, 1.165) is 25.1 Å². The number of carboxylic acid groups (broad SMARTS) is 1. The number of aliphatic carboxylic acids is 1. The summed E-state index contributed by atoms with van der Waals surface area (Å²) < 4.78 is 1.58. The third-order valence-corrected chi connectivity index (χ3v) is 10.0. The van der Waals surface area contributed by atoms with Crippen molar-refractivity contribution in [1.82, 2.24) is 15.2 Å². The van der Waals surface area contributed by atoms with E-state index in [0.29, 0.717) is 16.7 Å². The molecule has 3 aromatic rings. The number of nitrogens with two attached hydrogens (primary N) is 1. The first kappa shape index (κ1) is 25.3. The van der Waals surface area contributed by atoms with Gasteiger partial charge in [-0.1, -0.05) is 17.3 Å². The number of oxime groups is 1. The Morgan fingerprint density at radius 1 is 1.30 bits per heavy atom. The Hall–Kier alpha value is -3.40. The Bertz CT molecular complexity index is 1560. The number of anilines is 1. The number of nitrogen functional groups attached to an aromatic ring is 1. The molecule has 190 valence electrons. The smallest absolute Gasteiger partial charge is 0.352 e. The normalized spacial score (nSPS) is 19.5. The fourth-order valence-electron chi connectivity index (χ4n) is 3.92. The fourth-order valence-corrected chi connectivity index (χ4v) is 8.18. The van der Waals surface area contributed by atoms with Crippen molar-refractivity contribution in [3.8, 4) is 0 Å². The monoisotopic (exact) mass is 575 g/mol. The molecule has 2 aromatic heterocycles. The standard InChI is InChI=1S/C22H17N5O6S4/c23-22-24-11(8-36-22)15(26-33)18(29)25-16-19(30)27-17(21(31)32)9(7-35-20(16)27)6-34-14-5-12(28)10-3-1-2-4-13(10)37-14/h1-5,8,16,20,33H,6-7H2,(H2,23,24)(H,25,29)(H,31,32)/b26-15-/t16-,20+/m1/s1. The van der Waals surface area contributed by atoms with Gasteiger partial charge in [-0.25, -0.2) is 9.78 Å². The van der Waals surface area contributed by atoms with Crippen LogP contribution >= 0.6 is 46.2 Å². The third kappa shape index (κ3) is 4.70. The van der Waals surface area contributed by atoms with Crippen molar-refractivity contribution in [1.29, 1.82) is 0 Å². The number of carbonyl (C=O) groups is 3. The van der Waals surface area contributed by atoms with Gasteiger partial charge in [-0.05, 0) is 17.7 Å². The molecule has 2 atom stereocenters. The lowest BCUT2D eigenvalue weighted by Gasteiger charge is -2.49. The summed E-state index contributed by atoms with van der Waals surface area (Å²) in [5.41, 5.74) is 5.54. The molecule has 11 nitrogen and oxygen atoms in total. The van der Waals surface area contributed by atoms with Crippen molar-refractivity contribution in [3.05, 3.63) is 62.9 Å².